The van der Waals surface area contributed by atoms with Gasteiger partial charge >= 0.3 is 0 Å². The lowest BCUT2D eigenvalue weighted by atomic mass is 10.1. The van der Waals surface area contributed by atoms with E-state index < -0.39 is 0 Å². The minimum atomic E-state index is 0.117. The van der Waals surface area contributed by atoms with Crippen LogP contribution in [0.3, 0.4) is 0 Å². The number of nitrogens with zero attached hydrogens (tertiary/aromatic N) is 1. The molecule has 0 bridgehead atoms. The molecule has 0 aliphatic heterocycles. The van der Waals surface area contributed by atoms with Crippen molar-refractivity contribution in [3.8, 4) is 0 Å². The van der Waals surface area contributed by atoms with Crippen molar-refractivity contribution >= 4 is 27.5 Å². The van der Waals surface area contributed by atoms with Crippen LogP contribution in [0.1, 0.15) is 38.2 Å². The van der Waals surface area contributed by atoms with Crippen molar-refractivity contribution in [2.75, 3.05) is 20.1 Å². The van der Waals surface area contributed by atoms with Gasteiger partial charge in [-0.15, -0.1) is 11.3 Å². The molecule has 2 rings (SSSR count). The van der Waals surface area contributed by atoms with Crippen LogP contribution >= 0.6 is 11.3 Å². The van der Waals surface area contributed by atoms with E-state index in [1.54, 1.807) is 11.3 Å². The van der Waals surface area contributed by atoms with Crippen LogP contribution in [0.5, 0.6) is 0 Å². The van der Waals surface area contributed by atoms with Crippen molar-refractivity contribution < 1.29 is 9.69 Å². The predicted octanol–water partition coefficient (Wildman–Crippen LogP) is 2.03. The van der Waals surface area contributed by atoms with E-state index in [4.69, 9.17) is 4.98 Å². The van der Waals surface area contributed by atoms with E-state index in [9.17, 15) is 4.79 Å². The van der Waals surface area contributed by atoms with Gasteiger partial charge in [0.05, 0.1) is 17.3 Å². The van der Waals surface area contributed by atoms with Gasteiger partial charge in [0.15, 0.2) is 11.6 Å². The van der Waals surface area contributed by atoms with Crippen LogP contribution in [0.25, 0.3) is 10.2 Å². The van der Waals surface area contributed by atoms with Gasteiger partial charge in [0.1, 0.15) is 6.04 Å². The number of benzene rings is 1. The smallest absolute Gasteiger partial charge is 0.275 e. The Bertz CT molecular complexity index is 590. The van der Waals surface area contributed by atoms with Crippen molar-refractivity contribution in [1.82, 2.24) is 10.3 Å². The predicted molar refractivity (Wildman–Crippen MR) is 92.3 cm³/mol. The number of rotatable bonds is 7. The van der Waals surface area contributed by atoms with E-state index in [0.717, 1.165) is 23.5 Å². The zero-order chi connectivity index (χ0) is 16.1. The second-order valence-electron chi connectivity index (χ2n) is 6.30. The van der Waals surface area contributed by atoms with E-state index in [1.807, 2.05) is 18.2 Å². The maximum absolute atomic E-state index is 12.0. The number of likely N-dealkylation sites (N-methyl/N-ethyl adjacent to an activating group) is 1. The maximum Gasteiger partial charge on any atom is 0.275 e. The zero-order valence-electron chi connectivity index (χ0n) is 13.8. The Balaban J connectivity index is 1.91. The van der Waals surface area contributed by atoms with Gasteiger partial charge in [-0.3, -0.25) is 4.79 Å². The molecule has 2 aromatic rings. The second-order valence-corrected chi connectivity index (χ2v) is 7.36. The molecule has 0 spiro atoms. The van der Waals surface area contributed by atoms with Gasteiger partial charge in [-0.2, -0.15) is 0 Å². The summed E-state index contributed by atoms with van der Waals surface area (Å²) in [6, 6.07) is 8.39. The molecule has 1 amide bonds. The fraction of sp³-hybridized carbons (Fsp3) is 0.529. The van der Waals surface area contributed by atoms with Crippen LogP contribution in [0.15, 0.2) is 24.3 Å². The number of thiazole rings is 1. The molecular weight excluding hydrogens is 294 g/mol. The molecule has 5 heteroatoms. The Morgan fingerprint density at radius 2 is 2.05 bits per heavy atom. The first-order valence-electron chi connectivity index (χ1n) is 7.92. The molecule has 0 saturated carbocycles. The summed E-state index contributed by atoms with van der Waals surface area (Å²) in [5, 5.41) is 4.09. The summed E-state index contributed by atoms with van der Waals surface area (Å²) in [6.45, 7) is 7.71. The molecule has 1 unspecified atom stereocenters. The Morgan fingerprint density at radius 1 is 1.32 bits per heavy atom. The number of nitrogens with one attached hydrogen (secondary N) is 2. The molecule has 120 valence electrons. The lowest BCUT2D eigenvalue weighted by molar-refractivity contribution is -0.902. The fourth-order valence-electron chi connectivity index (χ4n) is 2.26. The monoisotopic (exact) mass is 320 g/mol. The number of carbonyl (C=O) groups excluding carboxylic acids is 1. The van der Waals surface area contributed by atoms with E-state index in [-0.39, 0.29) is 11.9 Å². The number of quaternary nitrogens is 1. The van der Waals surface area contributed by atoms with Crippen molar-refractivity contribution in [2.45, 2.75) is 33.2 Å². The molecule has 2 atom stereocenters. The Labute approximate surface area is 136 Å². The summed E-state index contributed by atoms with van der Waals surface area (Å²) in [5.41, 5.74) is 1.04. The zero-order valence-corrected chi connectivity index (χ0v) is 14.7. The third-order valence-electron chi connectivity index (χ3n) is 3.90. The van der Waals surface area contributed by atoms with Gasteiger partial charge in [-0.1, -0.05) is 26.0 Å². The lowest BCUT2D eigenvalue weighted by Gasteiger charge is -2.19. The van der Waals surface area contributed by atoms with Gasteiger partial charge in [0.25, 0.3) is 5.91 Å². The number of hydrogen-bond donors (Lipinski definition) is 2. The first kappa shape index (κ1) is 16.9. The minimum absolute atomic E-state index is 0.117. The standard InChI is InChI=1S/C17H25N3OS/c1-12(2)9-10-18-16(21)11-20(4)13(3)17-19-14-7-5-6-8-15(14)22-17/h5-8,12-13H,9-11H2,1-4H3,(H,18,21)/p+1/t13-/m0/s1. The average Bonchev–Trinajstić information content (AvgIpc) is 2.89. The van der Waals surface area contributed by atoms with Crippen molar-refractivity contribution in [2.24, 2.45) is 5.92 Å². The largest absolute Gasteiger partial charge is 0.351 e. The Morgan fingerprint density at radius 3 is 2.73 bits per heavy atom. The van der Waals surface area contributed by atoms with E-state index in [1.165, 1.54) is 9.60 Å². The third kappa shape index (κ3) is 4.52. The highest BCUT2D eigenvalue weighted by Gasteiger charge is 2.21. The van der Waals surface area contributed by atoms with Crippen LogP contribution in [0, 0.1) is 5.92 Å². The molecule has 0 radical (unpaired) electrons. The highest BCUT2D eigenvalue weighted by Crippen LogP contribution is 2.24. The Kier molecular flexibility index (Phi) is 5.91. The summed E-state index contributed by atoms with van der Waals surface area (Å²) in [7, 11) is 2.05. The summed E-state index contributed by atoms with van der Waals surface area (Å²) in [6.07, 6.45) is 1.03. The SMILES string of the molecule is CC(C)CCNC(=O)C[NH+](C)[C@@H](C)c1nc2ccccc2s1. The number of amides is 1. The van der Waals surface area contributed by atoms with Gasteiger partial charge in [-0.25, -0.2) is 4.98 Å². The molecule has 1 aromatic carbocycles. The summed E-state index contributed by atoms with van der Waals surface area (Å²) in [4.78, 5) is 17.9. The van der Waals surface area contributed by atoms with Crippen LogP contribution < -0.4 is 10.2 Å². The summed E-state index contributed by atoms with van der Waals surface area (Å²) in [5.74, 6) is 0.734. The van der Waals surface area contributed by atoms with E-state index >= 15 is 0 Å². The first-order valence-corrected chi connectivity index (χ1v) is 8.73. The molecule has 1 aromatic heterocycles. The number of para-hydroxylation sites is 1. The topological polar surface area (TPSA) is 46.4 Å². The molecule has 0 aliphatic rings. The van der Waals surface area contributed by atoms with E-state index in [0.29, 0.717) is 12.5 Å². The quantitative estimate of drug-likeness (QED) is 0.820. The first-order chi connectivity index (χ1) is 10.5. The van der Waals surface area contributed by atoms with E-state index in [2.05, 4.69) is 39.2 Å². The summed E-state index contributed by atoms with van der Waals surface area (Å²) >= 11 is 1.72. The fourth-order valence-corrected chi connectivity index (χ4v) is 3.37. The highest BCUT2D eigenvalue weighted by molar-refractivity contribution is 7.18. The maximum atomic E-state index is 12.0. The van der Waals surface area contributed by atoms with Crippen LogP contribution in [0.2, 0.25) is 0 Å². The number of carbonyl (C=O) groups is 1. The van der Waals surface area contributed by atoms with Gasteiger partial charge < -0.3 is 10.2 Å². The third-order valence-corrected chi connectivity index (χ3v) is 5.12. The number of aromatic nitrogens is 1. The molecule has 0 saturated heterocycles. The van der Waals surface area contributed by atoms with Crippen molar-refractivity contribution in [3.05, 3.63) is 29.3 Å². The molecular formula is C17H26N3OS+. The normalized spacial score (nSPS) is 14.2. The average molecular weight is 320 g/mol. The Hall–Kier alpha value is -1.46. The van der Waals surface area contributed by atoms with Crippen molar-refractivity contribution in [3.63, 3.8) is 0 Å². The van der Waals surface area contributed by atoms with Gasteiger partial charge in [0, 0.05) is 6.54 Å². The molecule has 0 aliphatic carbocycles. The van der Waals surface area contributed by atoms with Crippen molar-refractivity contribution in [1.29, 1.82) is 0 Å². The van der Waals surface area contributed by atoms with Crippen LogP contribution in [0.4, 0.5) is 0 Å². The lowest BCUT2D eigenvalue weighted by Crippen LogP contribution is -3.10. The minimum Gasteiger partial charge on any atom is -0.351 e. The molecule has 22 heavy (non-hydrogen) atoms. The van der Waals surface area contributed by atoms with Crippen LogP contribution in [-0.2, 0) is 4.79 Å². The molecule has 0 fully saturated rings. The summed E-state index contributed by atoms with van der Waals surface area (Å²) < 4.78 is 1.21. The molecule has 2 N–H and O–H groups in total. The second kappa shape index (κ2) is 7.70. The molecule has 1 heterocycles. The van der Waals surface area contributed by atoms with Gasteiger partial charge in [-0.05, 0) is 31.4 Å². The van der Waals surface area contributed by atoms with Gasteiger partial charge in [0.2, 0.25) is 0 Å². The van der Waals surface area contributed by atoms with Crippen LogP contribution in [-0.4, -0.2) is 31.0 Å². The highest BCUT2D eigenvalue weighted by atomic mass is 32.1. The number of fused-ring (bicyclic) bond motifs is 1. The number of hydrogen-bond acceptors (Lipinski definition) is 3. The molecule has 4 nitrogen and oxygen atoms in total.